The lowest BCUT2D eigenvalue weighted by Crippen LogP contribution is -2.36. The number of carbonyl (C=O) groups excluding carboxylic acids is 1. The number of imidazole rings is 1. The Labute approximate surface area is 191 Å². The summed E-state index contributed by atoms with van der Waals surface area (Å²) < 4.78 is 22.6. The van der Waals surface area contributed by atoms with E-state index in [-0.39, 0.29) is 5.82 Å². The molecule has 0 radical (unpaired) electrons. The number of aryl methyl sites for hydroxylation is 2. The topological polar surface area (TPSA) is 86.3 Å². The van der Waals surface area contributed by atoms with Crippen molar-refractivity contribution in [1.82, 2.24) is 14.5 Å². The van der Waals surface area contributed by atoms with Crippen LogP contribution in [0.25, 0.3) is 27.6 Å². The van der Waals surface area contributed by atoms with Gasteiger partial charge in [-0.15, -0.1) is 0 Å². The van der Waals surface area contributed by atoms with E-state index in [1.807, 2.05) is 17.6 Å². The molecule has 8 heteroatoms. The Balaban J connectivity index is 1.86. The number of amides is 1. The molecule has 0 aliphatic carbocycles. The molecule has 5 rings (SSSR count). The first-order chi connectivity index (χ1) is 16.0. The van der Waals surface area contributed by atoms with E-state index in [9.17, 15) is 4.79 Å². The number of nitrogens with two attached hydrogens (primary N) is 1. The van der Waals surface area contributed by atoms with E-state index in [1.165, 1.54) is 6.07 Å². The highest BCUT2D eigenvalue weighted by Gasteiger charge is 2.23. The summed E-state index contributed by atoms with van der Waals surface area (Å²) >= 11 is 0. The highest BCUT2D eigenvalue weighted by Crippen LogP contribution is 2.34. The van der Waals surface area contributed by atoms with Gasteiger partial charge in [-0.25, -0.2) is 9.37 Å². The van der Waals surface area contributed by atoms with Gasteiger partial charge < -0.3 is 15.4 Å². The minimum atomic E-state index is -0.538. The normalized spacial score (nSPS) is 14.3. The van der Waals surface area contributed by atoms with Crippen LogP contribution >= 0.6 is 0 Å². The molecule has 1 aliphatic heterocycles. The molecule has 0 spiro atoms. The highest BCUT2D eigenvalue weighted by atomic mass is 19.1. The zero-order valence-corrected chi connectivity index (χ0v) is 18.8. The monoisotopic (exact) mass is 447 g/mol. The standard InChI is InChI=1S/C25H26FN5O2/c1-3-4-21-29-24-17(25(27)32)13-16(30-9-11-33-12-10-30)14-20(24)31(21)19-7-8-28-23-15(2)5-6-18(26)22(19)23/h5-8,13-14H,3-4,9-12H2,1-2H3,(H2,27,32). The van der Waals surface area contributed by atoms with E-state index in [1.54, 1.807) is 24.4 Å². The average molecular weight is 448 g/mol. The molecule has 1 fully saturated rings. The van der Waals surface area contributed by atoms with E-state index in [0.717, 1.165) is 29.0 Å². The lowest BCUT2D eigenvalue weighted by Gasteiger charge is -2.29. The zero-order chi connectivity index (χ0) is 23.1. The maximum absolute atomic E-state index is 15.1. The van der Waals surface area contributed by atoms with Gasteiger partial charge in [0.2, 0.25) is 0 Å². The molecule has 2 aromatic heterocycles. The number of morpholine rings is 1. The second-order valence-corrected chi connectivity index (χ2v) is 8.36. The number of primary amides is 1. The number of hydrogen-bond donors (Lipinski definition) is 1. The maximum Gasteiger partial charge on any atom is 0.251 e. The van der Waals surface area contributed by atoms with Gasteiger partial charge in [-0.2, -0.15) is 0 Å². The van der Waals surface area contributed by atoms with Gasteiger partial charge in [-0.05, 0) is 43.2 Å². The minimum Gasteiger partial charge on any atom is -0.378 e. The van der Waals surface area contributed by atoms with Gasteiger partial charge >= 0.3 is 0 Å². The van der Waals surface area contributed by atoms with E-state index in [2.05, 4.69) is 16.8 Å². The van der Waals surface area contributed by atoms with Gasteiger partial charge in [0, 0.05) is 31.4 Å². The van der Waals surface area contributed by atoms with Crippen molar-refractivity contribution in [3.05, 3.63) is 59.3 Å². The van der Waals surface area contributed by atoms with E-state index in [0.29, 0.717) is 60.4 Å². The molecule has 0 atom stereocenters. The van der Waals surface area contributed by atoms with Crippen molar-refractivity contribution in [2.75, 3.05) is 31.2 Å². The number of fused-ring (bicyclic) bond motifs is 2. The Morgan fingerprint density at radius 3 is 2.70 bits per heavy atom. The summed E-state index contributed by atoms with van der Waals surface area (Å²) in [6, 6.07) is 8.82. The number of rotatable bonds is 5. The van der Waals surface area contributed by atoms with Crippen molar-refractivity contribution in [2.24, 2.45) is 5.73 Å². The van der Waals surface area contributed by atoms with Crippen molar-refractivity contribution < 1.29 is 13.9 Å². The van der Waals surface area contributed by atoms with Crippen LogP contribution in [0.4, 0.5) is 10.1 Å². The molecule has 4 aromatic rings. The van der Waals surface area contributed by atoms with Crippen LogP contribution in [-0.4, -0.2) is 46.7 Å². The molecule has 33 heavy (non-hydrogen) atoms. The number of halogens is 1. The SMILES string of the molecule is CCCc1nc2c(C(N)=O)cc(N3CCOCC3)cc2n1-c1ccnc2c(C)ccc(F)c12. The Morgan fingerprint density at radius 2 is 1.97 bits per heavy atom. The summed E-state index contributed by atoms with van der Waals surface area (Å²) in [4.78, 5) is 23.9. The van der Waals surface area contributed by atoms with E-state index in [4.69, 9.17) is 15.5 Å². The van der Waals surface area contributed by atoms with Crippen LogP contribution in [-0.2, 0) is 11.2 Å². The molecular weight excluding hydrogens is 421 g/mol. The van der Waals surface area contributed by atoms with Crippen LogP contribution in [0.2, 0.25) is 0 Å². The molecule has 2 N–H and O–H groups in total. The van der Waals surface area contributed by atoms with Gasteiger partial charge in [-0.1, -0.05) is 13.0 Å². The second-order valence-electron chi connectivity index (χ2n) is 8.36. The summed E-state index contributed by atoms with van der Waals surface area (Å²) in [6.45, 7) is 6.64. The zero-order valence-electron chi connectivity index (χ0n) is 18.8. The first-order valence-electron chi connectivity index (χ1n) is 11.2. The lowest BCUT2D eigenvalue weighted by atomic mass is 10.1. The number of anilines is 1. The van der Waals surface area contributed by atoms with Gasteiger partial charge in [0.25, 0.3) is 5.91 Å². The number of hydrogen-bond acceptors (Lipinski definition) is 5. The van der Waals surface area contributed by atoms with Crippen LogP contribution in [0.5, 0.6) is 0 Å². The fraction of sp³-hybridized carbons (Fsp3) is 0.320. The summed E-state index contributed by atoms with van der Waals surface area (Å²) in [5.74, 6) is -0.130. The number of benzene rings is 2. The van der Waals surface area contributed by atoms with Crippen LogP contribution in [0.15, 0.2) is 36.5 Å². The van der Waals surface area contributed by atoms with E-state index < -0.39 is 5.91 Å². The number of ether oxygens (including phenoxy) is 1. The van der Waals surface area contributed by atoms with E-state index >= 15 is 4.39 Å². The second kappa shape index (κ2) is 8.44. The first-order valence-corrected chi connectivity index (χ1v) is 11.2. The molecule has 2 aromatic carbocycles. The summed E-state index contributed by atoms with van der Waals surface area (Å²) in [5, 5.41) is 0.437. The first kappa shape index (κ1) is 21.3. The van der Waals surface area contributed by atoms with Gasteiger partial charge in [-0.3, -0.25) is 14.3 Å². The summed E-state index contributed by atoms with van der Waals surface area (Å²) in [6.07, 6.45) is 3.19. The van der Waals surface area contributed by atoms with Crippen LogP contribution in [0, 0.1) is 12.7 Å². The molecular formula is C25H26FN5O2. The van der Waals surface area contributed by atoms with Crippen LogP contribution < -0.4 is 10.6 Å². The Morgan fingerprint density at radius 1 is 1.18 bits per heavy atom. The van der Waals surface area contributed by atoms with Crippen LogP contribution in [0.3, 0.4) is 0 Å². The van der Waals surface area contributed by atoms with Crippen molar-refractivity contribution in [1.29, 1.82) is 0 Å². The third-order valence-electron chi connectivity index (χ3n) is 6.19. The highest BCUT2D eigenvalue weighted by molar-refractivity contribution is 6.06. The third kappa shape index (κ3) is 3.60. The van der Waals surface area contributed by atoms with Gasteiger partial charge in [0.15, 0.2) is 0 Å². The lowest BCUT2D eigenvalue weighted by molar-refractivity contribution is 0.100. The Hall–Kier alpha value is -3.52. The average Bonchev–Trinajstić information content (AvgIpc) is 3.19. The summed E-state index contributed by atoms with van der Waals surface area (Å²) in [5.41, 5.74) is 10.4. The molecule has 170 valence electrons. The Bertz CT molecular complexity index is 1370. The maximum atomic E-state index is 15.1. The molecule has 7 nitrogen and oxygen atoms in total. The summed E-state index contributed by atoms with van der Waals surface area (Å²) in [7, 11) is 0. The van der Waals surface area contributed by atoms with Crippen molar-refractivity contribution in [3.8, 4) is 5.69 Å². The molecule has 1 saturated heterocycles. The fourth-order valence-corrected chi connectivity index (χ4v) is 4.60. The fourth-order valence-electron chi connectivity index (χ4n) is 4.60. The molecule has 1 amide bonds. The third-order valence-corrected chi connectivity index (χ3v) is 6.19. The van der Waals surface area contributed by atoms with Gasteiger partial charge in [0.1, 0.15) is 17.2 Å². The van der Waals surface area contributed by atoms with Crippen molar-refractivity contribution in [3.63, 3.8) is 0 Å². The minimum absolute atomic E-state index is 0.345. The molecule has 3 heterocycles. The number of carbonyl (C=O) groups is 1. The Kier molecular flexibility index (Phi) is 5.46. The molecule has 0 unspecified atom stereocenters. The smallest absolute Gasteiger partial charge is 0.251 e. The quantitative estimate of drug-likeness (QED) is 0.501. The predicted octanol–water partition coefficient (Wildman–Crippen LogP) is 3.91. The number of aromatic nitrogens is 3. The largest absolute Gasteiger partial charge is 0.378 e. The molecule has 0 saturated carbocycles. The predicted molar refractivity (Wildman–Crippen MR) is 127 cm³/mol. The molecule has 1 aliphatic rings. The van der Waals surface area contributed by atoms with Gasteiger partial charge in [0.05, 0.1) is 40.9 Å². The van der Waals surface area contributed by atoms with Crippen LogP contribution in [0.1, 0.15) is 35.1 Å². The van der Waals surface area contributed by atoms with Crippen molar-refractivity contribution >= 4 is 33.5 Å². The number of pyridine rings is 1. The molecule has 0 bridgehead atoms. The number of nitrogens with zero attached hydrogens (tertiary/aromatic N) is 4. The van der Waals surface area contributed by atoms with Crippen molar-refractivity contribution in [2.45, 2.75) is 26.7 Å².